The molecule has 1 aliphatic heterocycles. The molecule has 21 heavy (non-hydrogen) atoms. The SMILES string of the molecule is CC(Cn1c(=O)[nH]c2c(C(=O)O)cccc21)N1CCCC1. The van der Waals surface area contributed by atoms with Crippen molar-refractivity contribution in [2.75, 3.05) is 13.1 Å². The molecule has 6 heteroatoms. The molecule has 0 amide bonds. The molecule has 0 saturated carbocycles. The van der Waals surface area contributed by atoms with Crippen molar-refractivity contribution in [2.24, 2.45) is 0 Å². The summed E-state index contributed by atoms with van der Waals surface area (Å²) in [7, 11) is 0. The Morgan fingerprint density at radius 3 is 2.76 bits per heavy atom. The van der Waals surface area contributed by atoms with E-state index in [4.69, 9.17) is 0 Å². The highest BCUT2D eigenvalue weighted by molar-refractivity contribution is 6.00. The van der Waals surface area contributed by atoms with Crippen molar-refractivity contribution in [3.63, 3.8) is 0 Å². The Morgan fingerprint density at radius 2 is 2.10 bits per heavy atom. The van der Waals surface area contributed by atoms with E-state index < -0.39 is 5.97 Å². The third-order valence-electron chi connectivity index (χ3n) is 4.25. The van der Waals surface area contributed by atoms with E-state index in [1.54, 1.807) is 16.7 Å². The summed E-state index contributed by atoms with van der Waals surface area (Å²) in [6, 6.07) is 5.24. The number of carboxylic acids is 1. The molecule has 1 aromatic carbocycles. The number of H-pyrrole nitrogens is 1. The molecule has 2 aromatic rings. The zero-order chi connectivity index (χ0) is 15.0. The van der Waals surface area contributed by atoms with E-state index in [2.05, 4.69) is 16.8 Å². The maximum atomic E-state index is 12.2. The lowest BCUT2D eigenvalue weighted by Crippen LogP contribution is -2.36. The molecule has 3 rings (SSSR count). The highest BCUT2D eigenvalue weighted by atomic mass is 16.4. The maximum Gasteiger partial charge on any atom is 0.337 e. The number of carbonyl (C=O) groups is 1. The molecule has 1 aromatic heterocycles. The molecule has 1 saturated heterocycles. The molecule has 1 unspecified atom stereocenters. The van der Waals surface area contributed by atoms with Crippen LogP contribution in [-0.4, -0.2) is 44.7 Å². The highest BCUT2D eigenvalue weighted by Crippen LogP contribution is 2.18. The van der Waals surface area contributed by atoms with E-state index in [-0.39, 0.29) is 17.3 Å². The van der Waals surface area contributed by atoms with Gasteiger partial charge in [0.05, 0.1) is 16.6 Å². The smallest absolute Gasteiger partial charge is 0.337 e. The summed E-state index contributed by atoms with van der Waals surface area (Å²) in [5.41, 5.74) is 0.955. The van der Waals surface area contributed by atoms with E-state index >= 15 is 0 Å². The number of hydrogen-bond donors (Lipinski definition) is 2. The van der Waals surface area contributed by atoms with Crippen molar-refractivity contribution >= 4 is 17.0 Å². The molecule has 6 nitrogen and oxygen atoms in total. The normalized spacial score (nSPS) is 17.4. The third-order valence-corrected chi connectivity index (χ3v) is 4.25. The van der Waals surface area contributed by atoms with E-state index in [0.717, 1.165) is 13.1 Å². The predicted octanol–water partition coefficient (Wildman–Crippen LogP) is 1.51. The summed E-state index contributed by atoms with van der Waals surface area (Å²) < 4.78 is 1.64. The number of aromatic nitrogens is 2. The highest BCUT2D eigenvalue weighted by Gasteiger charge is 2.21. The molecule has 1 fully saturated rings. The largest absolute Gasteiger partial charge is 0.478 e. The van der Waals surface area contributed by atoms with Crippen LogP contribution in [0.1, 0.15) is 30.1 Å². The summed E-state index contributed by atoms with van der Waals surface area (Å²) in [5.74, 6) is -1.03. The quantitative estimate of drug-likeness (QED) is 0.894. The topological polar surface area (TPSA) is 78.3 Å². The third kappa shape index (κ3) is 2.47. The van der Waals surface area contributed by atoms with Gasteiger partial charge in [0.15, 0.2) is 0 Å². The second-order valence-corrected chi connectivity index (χ2v) is 5.64. The minimum atomic E-state index is -1.03. The van der Waals surface area contributed by atoms with Gasteiger partial charge in [0.2, 0.25) is 0 Å². The zero-order valence-corrected chi connectivity index (χ0v) is 12.0. The summed E-state index contributed by atoms with van der Waals surface area (Å²) in [4.78, 5) is 28.4. The molecule has 1 aliphatic rings. The number of nitrogens with zero attached hydrogens (tertiary/aromatic N) is 2. The van der Waals surface area contributed by atoms with Gasteiger partial charge in [0, 0.05) is 12.6 Å². The molecule has 0 radical (unpaired) electrons. The number of carboxylic acid groups (broad SMARTS) is 1. The molecule has 0 aliphatic carbocycles. The van der Waals surface area contributed by atoms with Gasteiger partial charge in [-0.05, 0) is 45.0 Å². The average molecular weight is 289 g/mol. The van der Waals surface area contributed by atoms with Crippen molar-refractivity contribution in [1.29, 1.82) is 0 Å². The van der Waals surface area contributed by atoms with Crippen LogP contribution < -0.4 is 5.69 Å². The Morgan fingerprint density at radius 1 is 1.38 bits per heavy atom. The summed E-state index contributed by atoms with van der Waals surface area (Å²) in [5, 5.41) is 9.20. The van der Waals surface area contributed by atoms with Gasteiger partial charge >= 0.3 is 11.7 Å². The lowest BCUT2D eigenvalue weighted by atomic mass is 10.2. The van der Waals surface area contributed by atoms with Crippen molar-refractivity contribution in [3.05, 3.63) is 34.2 Å². The fourth-order valence-corrected chi connectivity index (χ4v) is 3.10. The fourth-order valence-electron chi connectivity index (χ4n) is 3.10. The average Bonchev–Trinajstić information content (AvgIpc) is 3.07. The van der Waals surface area contributed by atoms with E-state index in [1.165, 1.54) is 18.9 Å². The Bertz CT molecular complexity index is 725. The number of aromatic amines is 1. The second-order valence-electron chi connectivity index (χ2n) is 5.64. The maximum absolute atomic E-state index is 12.2. The van der Waals surface area contributed by atoms with Gasteiger partial charge in [-0.1, -0.05) is 6.07 Å². The Balaban J connectivity index is 1.99. The lowest BCUT2D eigenvalue weighted by molar-refractivity contribution is 0.0699. The van der Waals surface area contributed by atoms with E-state index in [9.17, 15) is 14.7 Å². The van der Waals surface area contributed by atoms with Gasteiger partial charge in [0.1, 0.15) is 0 Å². The number of aromatic carboxylic acids is 1. The summed E-state index contributed by atoms with van der Waals surface area (Å²) in [6.45, 7) is 4.82. The predicted molar refractivity (Wildman–Crippen MR) is 79.8 cm³/mol. The first-order valence-electron chi connectivity index (χ1n) is 7.27. The number of para-hydroxylation sites is 1. The van der Waals surface area contributed by atoms with Gasteiger partial charge in [-0.3, -0.25) is 9.47 Å². The van der Waals surface area contributed by atoms with Crippen LogP contribution in [0.25, 0.3) is 11.0 Å². The minimum absolute atomic E-state index is 0.136. The number of nitrogens with one attached hydrogen (secondary N) is 1. The van der Waals surface area contributed by atoms with Gasteiger partial charge in [-0.15, -0.1) is 0 Å². The number of rotatable bonds is 4. The molecule has 0 spiro atoms. The van der Waals surface area contributed by atoms with Crippen LogP contribution in [0, 0.1) is 0 Å². The zero-order valence-electron chi connectivity index (χ0n) is 12.0. The van der Waals surface area contributed by atoms with Crippen LogP contribution in [0.2, 0.25) is 0 Å². The van der Waals surface area contributed by atoms with Crippen LogP contribution in [0.5, 0.6) is 0 Å². The monoisotopic (exact) mass is 289 g/mol. The number of likely N-dealkylation sites (tertiary alicyclic amines) is 1. The Kier molecular flexibility index (Phi) is 3.55. The molecule has 2 N–H and O–H groups in total. The molecular weight excluding hydrogens is 270 g/mol. The molecule has 1 atom stereocenters. The van der Waals surface area contributed by atoms with Gasteiger partial charge in [0.25, 0.3) is 0 Å². The first kappa shape index (κ1) is 13.9. The van der Waals surface area contributed by atoms with E-state index in [0.29, 0.717) is 17.6 Å². The van der Waals surface area contributed by atoms with Crippen LogP contribution >= 0.6 is 0 Å². The van der Waals surface area contributed by atoms with Crippen LogP contribution in [0.3, 0.4) is 0 Å². The Labute approximate surface area is 122 Å². The van der Waals surface area contributed by atoms with Crippen molar-refractivity contribution in [1.82, 2.24) is 14.5 Å². The minimum Gasteiger partial charge on any atom is -0.478 e. The molecular formula is C15H19N3O3. The van der Waals surface area contributed by atoms with Crippen molar-refractivity contribution < 1.29 is 9.90 Å². The van der Waals surface area contributed by atoms with Gasteiger partial charge in [-0.2, -0.15) is 0 Å². The van der Waals surface area contributed by atoms with E-state index in [1.807, 2.05) is 0 Å². The number of imidazole rings is 1. The summed E-state index contributed by atoms with van der Waals surface area (Å²) >= 11 is 0. The van der Waals surface area contributed by atoms with Crippen LogP contribution in [0.15, 0.2) is 23.0 Å². The standard InChI is InChI=1S/C15H19N3O3/c1-10(17-7-2-3-8-17)9-18-12-6-4-5-11(14(19)20)13(12)16-15(18)21/h4-6,10H,2-3,7-9H2,1H3,(H,16,21)(H,19,20). The lowest BCUT2D eigenvalue weighted by Gasteiger charge is -2.23. The van der Waals surface area contributed by atoms with Crippen molar-refractivity contribution in [2.45, 2.75) is 32.4 Å². The molecule has 2 heterocycles. The molecule has 0 bridgehead atoms. The molecule has 112 valence electrons. The van der Waals surface area contributed by atoms with Crippen molar-refractivity contribution in [3.8, 4) is 0 Å². The van der Waals surface area contributed by atoms with Crippen LogP contribution in [0.4, 0.5) is 0 Å². The fraction of sp³-hybridized carbons (Fsp3) is 0.467. The number of benzene rings is 1. The first-order chi connectivity index (χ1) is 10.1. The number of fused-ring (bicyclic) bond motifs is 1. The van der Waals surface area contributed by atoms with Gasteiger partial charge in [-0.25, -0.2) is 9.59 Å². The number of hydrogen-bond acceptors (Lipinski definition) is 3. The summed E-state index contributed by atoms with van der Waals surface area (Å²) in [6.07, 6.45) is 2.41. The second kappa shape index (κ2) is 5.37. The van der Waals surface area contributed by atoms with Crippen LogP contribution in [-0.2, 0) is 6.54 Å². The Hall–Kier alpha value is -2.08. The first-order valence-corrected chi connectivity index (χ1v) is 7.27. The van der Waals surface area contributed by atoms with Gasteiger partial charge < -0.3 is 10.1 Å².